The van der Waals surface area contributed by atoms with Crippen molar-refractivity contribution in [3.8, 4) is 0 Å². The second kappa shape index (κ2) is 7.69. The predicted octanol–water partition coefficient (Wildman–Crippen LogP) is 4.42. The Balaban J connectivity index is 1.44. The van der Waals surface area contributed by atoms with Gasteiger partial charge in [-0.05, 0) is 60.7 Å². The fourth-order valence-electron chi connectivity index (χ4n) is 4.44. The zero-order valence-corrected chi connectivity index (χ0v) is 16.4. The van der Waals surface area contributed by atoms with Crippen molar-refractivity contribution in [2.75, 3.05) is 23.3 Å². The number of aliphatic hydroxyl groups is 1. The van der Waals surface area contributed by atoms with Crippen LogP contribution in [0.2, 0.25) is 0 Å². The van der Waals surface area contributed by atoms with Crippen molar-refractivity contribution in [3.05, 3.63) is 36.4 Å². The highest BCUT2D eigenvalue weighted by Gasteiger charge is 2.54. The van der Waals surface area contributed by atoms with Gasteiger partial charge in [0, 0.05) is 49.4 Å². The predicted molar refractivity (Wildman–Crippen MR) is 110 cm³/mol. The van der Waals surface area contributed by atoms with Crippen LogP contribution in [0.4, 0.5) is 24.5 Å². The summed E-state index contributed by atoms with van der Waals surface area (Å²) in [6, 6.07) is 13.0. The summed E-state index contributed by atoms with van der Waals surface area (Å²) in [6.45, 7) is 0.371. The van der Waals surface area contributed by atoms with Crippen LogP contribution in [-0.2, 0) is 0 Å². The molecule has 4 N–H and O–H groups in total. The van der Waals surface area contributed by atoms with E-state index in [1.807, 2.05) is 29.2 Å². The molecule has 2 aromatic carbocycles. The Morgan fingerprint density at radius 3 is 2.24 bits per heavy atom. The lowest BCUT2D eigenvalue weighted by Gasteiger charge is -2.40. The van der Waals surface area contributed by atoms with Crippen LogP contribution in [0.3, 0.4) is 0 Å². The molecule has 4 rings (SSSR count). The smallest absolute Gasteiger partial charge is 0.382 e. The molecular formula is C22H28F3N3O. The standard InChI is InChI=1S/C22H28F3N3O/c23-22(24,25)21(29)9-11-28(12-10-21)20-8-2-15-13-19(5-1-16(15)14-20)27-18-6-3-17(26)4-7-18/h1-2,5,8,13-14,17-18,27,29H,3-4,6-7,9-12,26H2. The molecule has 1 aliphatic heterocycles. The molecule has 1 saturated heterocycles. The summed E-state index contributed by atoms with van der Waals surface area (Å²) in [5.74, 6) is 0. The summed E-state index contributed by atoms with van der Waals surface area (Å²) in [4.78, 5) is 1.91. The van der Waals surface area contributed by atoms with E-state index in [4.69, 9.17) is 5.73 Å². The number of nitrogens with one attached hydrogen (secondary N) is 1. The van der Waals surface area contributed by atoms with Gasteiger partial charge in [0.2, 0.25) is 0 Å². The second-order valence-corrected chi connectivity index (χ2v) is 8.52. The molecule has 0 atom stereocenters. The minimum absolute atomic E-state index is 0.185. The first-order valence-corrected chi connectivity index (χ1v) is 10.3. The second-order valence-electron chi connectivity index (χ2n) is 8.52. The molecule has 0 aromatic heterocycles. The van der Waals surface area contributed by atoms with Crippen molar-refractivity contribution in [2.45, 2.75) is 62.4 Å². The topological polar surface area (TPSA) is 61.5 Å². The maximum absolute atomic E-state index is 13.0. The van der Waals surface area contributed by atoms with E-state index in [9.17, 15) is 18.3 Å². The molecule has 7 heteroatoms. The Morgan fingerprint density at radius 2 is 1.59 bits per heavy atom. The highest BCUT2D eigenvalue weighted by atomic mass is 19.4. The van der Waals surface area contributed by atoms with E-state index in [2.05, 4.69) is 17.4 Å². The molecule has 0 amide bonds. The number of fused-ring (bicyclic) bond motifs is 1. The lowest BCUT2D eigenvalue weighted by molar-refractivity contribution is -0.266. The van der Waals surface area contributed by atoms with E-state index >= 15 is 0 Å². The van der Waals surface area contributed by atoms with Crippen LogP contribution in [0, 0.1) is 0 Å². The number of hydrogen-bond donors (Lipinski definition) is 3. The molecule has 2 aromatic rings. The van der Waals surface area contributed by atoms with E-state index in [0.29, 0.717) is 12.1 Å². The number of benzene rings is 2. The number of hydrogen-bond acceptors (Lipinski definition) is 4. The molecule has 1 saturated carbocycles. The Labute approximate surface area is 168 Å². The van der Waals surface area contributed by atoms with Crippen LogP contribution in [0.5, 0.6) is 0 Å². The molecule has 0 unspecified atom stereocenters. The number of nitrogens with two attached hydrogens (primary N) is 1. The largest absolute Gasteiger partial charge is 0.417 e. The first-order valence-electron chi connectivity index (χ1n) is 10.3. The van der Waals surface area contributed by atoms with E-state index in [1.54, 1.807) is 0 Å². The maximum Gasteiger partial charge on any atom is 0.417 e. The third kappa shape index (κ3) is 4.31. The molecule has 4 nitrogen and oxygen atoms in total. The van der Waals surface area contributed by atoms with Crippen LogP contribution in [-0.4, -0.2) is 42.1 Å². The van der Waals surface area contributed by atoms with Crippen LogP contribution in [0.15, 0.2) is 36.4 Å². The molecule has 0 bridgehead atoms. The van der Waals surface area contributed by atoms with Crippen molar-refractivity contribution < 1.29 is 18.3 Å². The SMILES string of the molecule is NC1CCC(Nc2ccc3cc(N4CCC(O)(C(F)(F)F)CC4)ccc3c2)CC1. The zero-order chi connectivity index (χ0) is 20.6. The summed E-state index contributed by atoms with van der Waals surface area (Å²) in [6.07, 6.45) is -0.920. The number of alkyl halides is 3. The van der Waals surface area contributed by atoms with Gasteiger partial charge in [-0.2, -0.15) is 13.2 Å². The number of nitrogens with zero attached hydrogens (tertiary/aromatic N) is 1. The Bertz CT molecular complexity index is 854. The van der Waals surface area contributed by atoms with Crippen LogP contribution >= 0.6 is 0 Å². The quantitative estimate of drug-likeness (QED) is 0.705. The molecule has 2 aliphatic rings. The van der Waals surface area contributed by atoms with Gasteiger partial charge >= 0.3 is 6.18 Å². The van der Waals surface area contributed by atoms with Crippen molar-refractivity contribution in [1.29, 1.82) is 0 Å². The first-order chi connectivity index (χ1) is 13.7. The van der Waals surface area contributed by atoms with E-state index in [1.165, 1.54) is 0 Å². The lowest BCUT2D eigenvalue weighted by atomic mass is 9.90. The maximum atomic E-state index is 13.0. The summed E-state index contributed by atoms with van der Waals surface area (Å²) >= 11 is 0. The minimum Gasteiger partial charge on any atom is -0.382 e. The van der Waals surface area contributed by atoms with Gasteiger partial charge in [-0.1, -0.05) is 12.1 Å². The fourth-order valence-corrected chi connectivity index (χ4v) is 4.44. The number of piperidine rings is 1. The van der Waals surface area contributed by atoms with Crippen molar-refractivity contribution in [2.24, 2.45) is 5.73 Å². The van der Waals surface area contributed by atoms with Crippen molar-refractivity contribution in [1.82, 2.24) is 0 Å². The van der Waals surface area contributed by atoms with Crippen LogP contribution in [0.25, 0.3) is 10.8 Å². The first kappa shape index (κ1) is 20.3. The van der Waals surface area contributed by atoms with Gasteiger partial charge in [-0.25, -0.2) is 0 Å². The van der Waals surface area contributed by atoms with Crippen molar-refractivity contribution in [3.63, 3.8) is 0 Å². The number of halogens is 3. The average molecular weight is 407 g/mol. The van der Waals surface area contributed by atoms with Gasteiger partial charge in [-0.3, -0.25) is 0 Å². The Hall–Kier alpha value is -1.99. The highest BCUT2D eigenvalue weighted by molar-refractivity contribution is 5.88. The zero-order valence-electron chi connectivity index (χ0n) is 16.4. The van der Waals surface area contributed by atoms with E-state index in [0.717, 1.165) is 47.8 Å². The lowest BCUT2D eigenvalue weighted by Crippen LogP contribution is -2.53. The molecular weight excluding hydrogens is 379 g/mol. The van der Waals surface area contributed by atoms with Gasteiger partial charge in [0.15, 0.2) is 5.60 Å². The third-order valence-corrected chi connectivity index (χ3v) is 6.45. The molecule has 29 heavy (non-hydrogen) atoms. The normalized spacial score (nSPS) is 25.2. The highest BCUT2D eigenvalue weighted by Crippen LogP contribution is 2.39. The molecule has 1 aliphatic carbocycles. The summed E-state index contributed by atoms with van der Waals surface area (Å²) in [5.41, 5.74) is 5.38. The van der Waals surface area contributed by atoms with Crippen LogP contribution in [0.1, 0.15) is 38.5 Å². The molecule has 158 valence electrons. The Morgan fingerprint density at radius 1 is 0.966 bits per heavy atom. The molecule has 0 radical (unpaired) electrons. The van der Waals surface area contributed by atoms with Gasteiger partial charge in [-0.15, -0.1) is 0 Å². The Kier molecular flexibility index (Phi) is 5.38. The van der Waals surface area contributed by atoms with Crippen LogP contribution < -0.4 is 16.0 Å². The van der Waals surface area contributed by atoms with E-state index in [-0.39, 0.29) is 25.9 Å². The minimum atomic E-state index is -4.57. The molecule has 1 heterocycles. The summed E-state index contributed by atoms with van der Waals surface area (Å²) < 4.78 is 39.0. The molecule has 2 fully saturated rings. The van der Waals surface area contributed by atoms with Gasteiger partial charge in [0.1, 0.15) is 0 Å². The van der Waals surface area contributed by atoms with E-state index < -0.39 is 11.8 Å². The number of rotatable bonds is 3. The van der Waals surface area contributed by atoms with Gasteiger partial charge in [0.25, 0.3) is 0 Å². The third-order valence-electron chi connectivity index (χ3n) is 6.45. The fraction of sp³-hybridized carbons (Fsp3) is 0.545. The van der Waals surface area contributed by atoms with Crippen molar-refractivity contribution >= 4 is 22.1 Å². The summed E-state index contributed by atoms with van der Waals surface area (Å²) in [7, 11) is 0. The molecule has 0 spiro atoms. The summed E-state index contributed by atoms with van der Waals surface area (Å²) in [5, 5.41) is 15.6. The average Bonchev–Trinajstić information content (AvgIpc) is 2.69. The number of anilines is 2. The van der Waals surface area contributed by atoms with Gasteiger partial charge in [0.05, 0.1) is 0 Å². The van der Waals surface area contributed by atoms with Gasteiger partial charge < -0.3 is 21.1 Å². The monoisotopic (exact) mass is 407 g/mol.